The van der Waals surface area contributed by atoms with Crippen molar-refractivity contribution in [3.8, 4) is 0 Å². The number of piperidine rings is 1. The molecule has 0 radical (unpaired) electrons. The minimum absolute atomic E-state index is 0.167. The van der Waals surface area contributed by atoms with E-state index in [4.69, 9.17) is 0 Å². The number of rotatable bonds is 1. The molecule has 0 amide bonds. The highest BCUT2D eigenvalue weighted by Crippen LogP contribution is 2.34. The monoisotopic (exact) mass is 261 g/mol. The van der Waals surface area contributed by atoms with Gasteiger partial charge in [0.2, 0.25) is 0 Å². The summed E-state index contributed by atoms with van der Waals surface area (Å²) in [5.74, 6) is 0.807. The van der Waals surface area contributed by atoms with Crippen molar-refractivity contribution in [2.24, 2.45) is 5.92 Å². The van der Waals surface area contributed by atoms with Gasteiger partial charge in [0.05, 0.1) is 5.69 Å². The van der Waals surface area contributed by atoms with Crippen LogP contribution in [0.2, 0.25) is 0 Å². The fraction of sp³-hybridized carbons (Fsp3) is 0.812. The Hall–Kier alpha value is -0.830. The molecule has 3 nitrogen and oxygen atoms in total. The van der Waals surface area contributed by atoms with Crippen LogP contribution in [0.4, 0.5) is 0 Å². The summed E-state index contributed by atoms with van der Waals surface area (Å²) in [4.78, 5) is 0. The first-order chi connectivity index (χ1) is 9.05. The van der Waals surface area contributed by atoms with Crippen molar-refractivity contribution in [1.29, 1.82) is 0 Å². The van der Waals surface area contributed by atoms with E-state index in [1.54, 1.807) is 0 Å². The first-order valence-electron chi connectivity index (χ1n) is 7.85. The van der Waals surface area contributed by atoms with Crippen LogP contribution in [0.5, 0.6) is 0 Å². The molecule has 2 heterocycles. The second kappa shape index (κ2) is 4.93. The van der Waals surface area contributed by atoms with Gasteiger partial charge in [-0.2, -0.15) is 5.10 Å². The highest BCUT2D eigenvalue weighted by molar-refractivity contribution is 5.32. The molecule has 1 saturated heterocycles. The van der Waals surface area contributed by atoms with E-state index in [-0.39, 0.29) is 5.41 Å². The van der Waals surface area contributed by atoms with Gasteiger partial charge in [-0.15, -0.1) is 0 Å². The molecule has 0 bridgehead atoms. The smallest absolute Gasteiger partial charge is 0.0710 e. The number of H-pyrrole nitrogens is 1. The van der Waals surface area contributed by atoms with E-state index >= 15 is 0 Å². The van der Waals surface area contributed by atoms with Gasteiger partial charge < -0.3 is 5.32 Å². The summed E-state index contributed by atoms with van der Waals surface area (Å²) >= 11 is 0. The van der Waals surface area contributed by atoms with Gasteiger partial charge in [0.25, 0.3) is 0 Å². The van der Waals surface area contributed by atoms with E-state index in [1.165, 1.54) is 62.0 Å². The van der Waals surface area contributed by atoms with Gasteiger partial charge in [-0.3, -0.25) is 5.10 Å². The lowest BCUT2D eigenvalue weighted by atomic mass is 9.77. The predicted molar refractivity (Wildman–Crippen MR) is 78.4 cm³/mol. The largest absolute Gasteiger partial charge is 0.314 e. The Bertz CT molecular complexity index is 435. The van der Waals surface area contributed by atoms with E-state index < -0.39 is 0 Å². The first-order valence-corrected chi connectivity index (χ1v) is 7.85. The van der Waals surface area contributed by atoms with E-state index in [1.807, 2.05) is 0 Å². The molecule has 2 aliphatic rings. The van der Waals surface area contributed by atoms with Crippen LogP contribution in [0.25, 0.3) is 0 Å². The molecule has 106 valence electrons. The molecular formula is C16H27N3. The third-order valence-corrected chi connectivity index (χ3v) is 4.81. The van der Waals surface area contributed by atoms with Gasteiger partial charge >= 0.3 is 0 Å². The van der Waals surface area contributed by atoms with Gasteiger partial charge in [0.1, 0.15) is 0 Å². The Morgan fingerprint density at radius 3 is 2.68 bits per heavy atom. The minimum atomic E-state index is 0.167. The first kappa shape index (κ1) is 13.2. The third kappa shape index (κ3) is 2.58. The Labute approximate surface area is 116 Å². The van der Waals surface area contributed by atoms with Crippen LogP contribution in [-0.2, 0) is 18.3 Å². The van der Waals surface area contributed by atoms with Crippen molar-refractivity contribution in [3.63, 3.8) is 0 Å². The molecule has 0 saturated carbocycles. The topological polar surface area (TPSA) is 40.7 Å². The summed E-state index contributed by atoms with van der Waals surface area (Å²) in [5.41, 5.74) is 4.38. The minimum Gasteiger partial charge on any atom is -0.314 e. The van der Waals surface area contributed by atoms with Crippen molar-refractivity contribution in [2.45, 2.75) is 70.8 Å². The van der Waals surface area contributed by atoms with Crippen LogP contribution < -0.4 is 5.32 Å². The normalized spacial score (nSPS) is 28.2. The molecule has 1 fully saturated rings. The Kier molecular flexibility index (Phi) is 3.42. The Morgan fingerprint density at radius 1 is 1.16 bits per heavy atom. The molecule has 2 atom stereocenters. The SMILES string of the molecule is CC(C)(C)c1n[nH]c2c1CCC(C1CCCCN1)C2. The maximum Gasteiger partial charge on any atom is 0.0710 e. The van der Waals surface area contributed by atoms with E-state index in [0.717, 1.165) is 12.0 Å². The van der Waals surface area contributed by atoms with E-state index in [2.05, 4.69) is 36.3 Å². The number of nitrogens with one attached hydrogen (secondary N) is 2. The summed E-state index contributed by atoms with van der Waals surface area (Å²) in [7, 11) is 0. The van der Waals surface area contributed by atoms with Gasteiger partial charge in [-0.1, -0.05) is 27.2 Å². The van der Waals surface area contributed by atoms with Gasteiger partial charge in [-0.05, 0) is 50.1 Å². The summed E-state index contributed by atoms with van der Waals surface area (Å²) in [5, 5.41) is 11.6. The summed E-state index contributed by atoms with van der Waals surface area (Å²) in [6.07, 6.45) is 7.84. The fourth-order valence-corrected chi connectivity index (χ4v) is 3.78. The lowest BCUT2D eigenvalue weighted by molar-refractivity contribution is 0.270. The van der Waals surface area contributed by atoms with Crippen LogP contribution in [0.1, 0.15) is 63.4 Å². The third-order valence-electron chi connectivity index (χ3n) is 4.81. The molecule has 1 aliphatic carbocycles. The molecule has 19 heavy (non-hydrogen) atoms. The summed E-state index contributed by atoms with van der Waals surface area (Å²) in [6, 6.07) is 0.739. The number of aromatic nitrogens is 2. The van der Waals surface area contributed by atoms with Crippen LogP contribution in [-0.4, -0.2) is 22.8 Å². The molecule has 0 spiro atoms. The highest BCUT2D eigenvalue weighted by atomic mass is 15.1. The molecule has 3 heteroatoms. The lowest BCUT2D eigenvalue weighted by Gasteiger charge is -2.34. The second-order valence-electron chi connectivity index (χ2n) is 7.34. The van der Waals surface area contributed by atoms with Gasteiger partial charge in [-0.25, -0.2) is 0 Å². The quantitative estimate of drug-likeness (QED) is 0.816. The Balaban J connectivity index is 1.76. The summed E-state index contributed by atoms with van der Waals surface area (Å²) < 4.78 is 0. The number of hydrogen-bond donors (Lipinski definition) is 2. The standard InChI is InChI=1S/C16H27N3/c1-16(2,3)15-12-8-7-11(10-14(12)18-19-15)13-6-4-5-9-17-13/h11,13,17H,4-10H2,1-3H3,(H,18,19). The van der Waals surface area contributed by atoms with Crippen molar-refractivity contribution in [1.82, 2.24) is 15.5 Å². The average Bonchev–Trinajstić information content (AvgIpc) is 2.82. The van der Waals surface area contributed by atoms with Crippen LogP contribution in [0.3, 0.4) is 0 Å². The zero-order valence-electron chi connectivity index (χ0n) is 12.6. The number of nitrogens with zero attached hydrogens (tertiary/aromatic N) is 1. The fourth-order valence-electron chi connectivity index (χ4n) is 3.78. The van der Waals surface area contributed by atoms with Gasteiger partial charge in [0, 0.05) is 17.2 Å². The average molecular weight is 261 g/mol. The molecular weight excluding hydrogens is 234 g/mol. The molecule has 1 aromatic rings. The lowest BCUT2D eigenvalue weighted by Crippen LogP contribution is -2.42. The predicted octanol–water partition coefficient (Wildman–Crippen LogP) is 2.95. The maximum atomic E-state index is 4.60. The Morgan fingerprint density at radius 2 is 2.00 bits per heavy atom. The van der Waals surface area contributed by atoms with Crippen LogP contribution >= 0.6 is 0 Å². The zero-order valence-corrected chi connectivity index (χ0v) is 12.6. The van der Waals surface area contributed by atoms with Crippen molar-refractivity contribution >= 4 is 0 Å². The molecule has 0 aromatic carbocycles. The second-order valence-corrected chi connectivity index (χ2v) is 7.34. The van der Waals surface area contributed by atoms with E-state index in [0.29, 0.717) is 0 Å². The van der Waals surface area contributed by atoms with Crippen LogP contribution in [0, 0.1) is 5.92 Å². The zero-order chi connectivity index (χ0) is 13.5. The molecule has 2 N–H and O–H groups in total. The van der Waals surface area contributed by atoms with Crippen molar-refractivity contribution in [2.75, 3.05) is 6.54 Å². The van der Waals surface area contributed by atoms with Crippen molar-refractivity contribution in [3.05, 3.63) is 17.0 Å². The molecule has 2 unspecified atom stereocenters. The van der Waals surface area contributed by atoms with Gasteiger partial charge in [0.15, 0.2) is 0 Å². The molecule has 1 aromatic heterocycles. The molecule has 3 rings (SSSR count). The summed E-state index contributed by atoms with van der Waals surface area (Å²) in [6.45, 7) is 8.00. The van der Waals surface area contributed by atoms with E-state index in [9.17, 15) is 0 Å². The molecule has 1 aliphatic heterocycles. The number of fused-ring (bicyclic) bond motifs is 1. The maximum absolute atomic E-state index is 4.60. The highest BCUT2D eigenvalue weighted by Gasteiger charge is 2.32. The van der Waals surface area contributed by atoms with Crippen molar-refractivity contribution < 1.29 is 0 Å². The number of aromatic amines is 1. The van der Waals surface area contributed by atoms with Crippen LogP contribution in [0.15, 0.2) is 0 Å². The number of hydrogen-bond acceptors (Lipinski definition) is 2.